The summed E-state index contributed by atoms with van der Waals surface area (Å²) in [6, 6.07) is 118. The molecule has 0 aliphatic heterocycles. The fraction of sp³-hybridized carbons (Fsp3) is 0. The van der Waals surface area contributed by atoms with Gasteiger partial charge in [0.15, 0.2) is 34.9 Å². The number of aromatic nitrogens is 8. The summed E-state index contributed by atoms with van der Waals surface area (Å²) in [7, 11) is 0. The van der Waals surface area contributed by atoms with E-state index in [9.17, 15) is 63.1 Å². The normalized spacial score (nSPS) is 10.7. The molecule has 0 fully saturated rings. The molecule has 0 unspecified atom stereocenters. The molecule has 0 atom stereocenters. The molecule has 0 N–H and O–H groups in total. The van der Waals surface area contributed by atoms with Crippen LogP contribution in [0.15, 0.2) is 303 Å². The SMILES string of the molecule is N#Cc1cc(C#N)c(-c2ccc3c(c2)c2cc(-c4c(C#N)cc(C#N)cc4C#N)ccc2n3-c2cccc(-c3nc(-c4ccccc4)nc(-c4ccccc4)n3)c2-c2cccc(-c3c(-c4nc(-c5ccccc5)nc(-c5ccccc5)n4)cccc3-n3c4ccc(-c5c(C#N)cc(C#N)cc5C#N)cc4c4cc(-c5c(C#N)cc(C#N)cc5C#N)ccc43)c2)c(C#N)c1. The van der Waals surface area contributed by atoms with Crippen molar-refractivity contribution in [1.29, 1.82) is 63.1 Å². The standard InChI is InChI=1S/C108H50N20/c109-51-63-38-77(55-113)97(78(39-63)56-114)73-30-34-91-87(47-73)88-48-74(98-79(57-115)40-64(52-110)41-80(98)58-116)31-35-92(88)127(91)95-28-14-26-85(107-123-103(67-16-5-1-6-17-67)121-104(124-107)68-18-7-2-8-19-68)101(95)71-24-13-25-72(46-71)102-86(108-125-105(69-20-9-3-10-21-69)122-106(126-108)70-22-11-4-12-23-70)27-15-29-96(102)128-93-36-32-75(99-81(59-117)42-65(53-111)43-82(99)60-118)49-89(93)90-50-76(33-37-94(90)128)100-83(61-119)44-66(54-112)45-84(100)62-120/h1-50H. The summed E-state index contributed by atoms with van der Waals surface area (Å²) in [6.45, 7) is 0. The molecule has 0 radical (unpaired) electrons. The number of hydrogen-bond acceptors (Lipinski definition) is 18. The van der Waals surface area contributed by atoms with E-state index in [0.717, 1.165) is 0 Å². The zero-order chi connectivity index (χ0) is 87.8. The maximum atomic E-state index is 10.9. The van der Waals surface area contributed by atoms with Crippen molar-refractivity contribution < 1.29 is 0 Å². The van der Waals surface area contributed by atoms with Crippen molar-refractivity contribution in [2.75, 3.05) is 0 Å². The molecule has 20 heteroatoms. The van der Waals surface area contributed by atoms with E-state index in [-0.39, 0.29) is 101 Å². The lowest BCUT2D eigenvalue weighted by molar-refractivity contribution is 1.07. The van der Waals surface area contributed by atoms with E-state index >= 15 is 0 Å². The minimum absolute atomic E-state index is 0.0842. The topological polar surface area (TPSA) is 373 Å². The molecule has 0 aliphatic rings. The van der Waals surface area contributed by atoms with Crippen molar-refractivity contribution in [3.05, 3.63) is 370 Å². The summed E-state index contributed by atoms with van der Waals surface area (Å²) < 4.78 is 4.20. The van der Waals surface area contributed by atoms with Crippen LogP contribution in [0.4, 0.5) is 0 Å². The van der Waals surface area contributed by atoms with Crippen LogP contribution in [0.2, 0.25) is 0 Å². The summed E-state index contributed by atoms with van der Waals surface area (Å²) in [5, 5.41) is 130. The number of nitrogens with zero attached hydrogens (tertiary/aromatic N) is 20. The van der Waals surface area contributed by atoms with Gasteiger partial charge in [-0.25, -0.2) is 29.9 Å². The van der Waals surface area contributed by atoms with Crippen LogP contribution in [0.1, 0.15) is 66.8 Å². The summed E-state index contributed by atoms with van der Waals surface area (Å²) in [6.07, 6.45) is 0. The first-order chi connectivity index (χ1) is 62.9. The van der Waals surface area contributed by atoms with Gasteiger partial charge in [0, 0.05) is 88.3 Å². The van der Waals surface area contributed by atoms with Gasteiger partial charge < -0.3 is 9.13 Å². The van der Waals surface area contributed by atoms with Crippen molar-refractivity contribution >= 4 is 43.6 Å². The van der Waals surface area contributed by atoms with Crippen LogP contribution in [0, 0.1) is 136 Å². The van der Waals surface area contributed by atoms with Crippen molar-refractivity contribution in [3.63, 3.8) is 0 Å². The summed E-state index contributed by atoms with van der Waals surface area (Å²) in [5.74, 6) is 2.04. The van der Waals surface area contributed by atoms with Crippen LogP contribution >= 0.6 is 0 Å². The Morgan fingerprint density at radius 2 is 0.383 bits per heavy atom. The Morgan fingerprint density at radius 3 is 0.609 bits per heavy atom. The molecule has 0 bridgehead atoms. The monoisotopic (exact) mass is 1630 g/mol. The van der Waals surface area contributed by atoms with E-state index in [1.807, 2.05) is 249 Å². The minimum Gasteiger partial charge on any atom is -0.309 e. The van der Waals surface area contributed by atoms with Gasteiger partial charge in [-0.3, -0.25) is 0 Å². The fourth-order valence-electron chi connectivity index (χ4n) is 17.1. The first-order valence-corrected chi connectivity index (χ1v) is 39.7. The Hall–Kier alpha value is -20.2. The second-order valence-electron chi connectivity index (χ2n) is 29.8. The zero-order valence-corrected chi connectivity index (χ0v) is 66.8. The Kier molecular flexibility index (Phi) is 19.7. The predicted molar refractivity (Wildman–Crippen MR) is 484 cm³/mol. The third-order valence-corrected chi connectivity index (χ3v) is 22.6. The lowest BCUT2D eigenvalue weighted by atomic mass is 9.91. The molecule has 0 saturated heterocycles. The number of rotatable bonds is 14. The molecule has 0 saturated carbocycles. The van der Waals surface area contributed by atoms with E-state index in [0.29, 0.717) is 156 Å². The third kappa shape index (κ3) is 13.5. The quantitative estimate of drug-likeness (QED) is 0.0975. The van der Waals surface area contributed by atoms with Crippen LogP contribution in [0.5, 0.6) is 0 Å². The predicted octanol–water partition coefficient (Wildman–Crippen LogP) is 22.7. The van der Waals surface area contributed by atoms with E-state index in [1.165, 1.54) is 48.5 Å². The smallest absolute Gasteiger partial charge is 0.164 e. The average molecular weight is 1630 g/mol. The molecule has 19 aromatic rings. The summed E-state index contributed by atoms with van der Waals surface area (Å²) >= 11 is 0. The molecular weight excluding hydrogens is 1580 g/mol. The van der Waals surface area contributed by atoms with Gasteiger partial charge >= 0.3 is 0 Å². The second-order valence-corrected chi connectivity index (χ2v) is 29.8. The molecule has 4 aromatic heterocycles. The first-order valence-electron chi connectivity index (χ1n) is 39.7. The Balaban J connectivity index is 0.944. The lowest BCUT2D eigenvalue weighted by Crippen LogP contribution is -2.05. The molecule has 19 rings (SSSR count). The van der Waals surface area contributed by atoms with Gasteiger partial charge in [0.1, 0.15) is 0 Å². The van der Waals surface area contributed by atoms with Gasteiger partial charge in [0.25, 0.3) is 0 Å². The van der Waals surface area contributed by atoms with Gasteiger partial charge in [-0.05, 0) is 149 Å². The highest BCUT2D eigenvalue weighted by molar-refractivity contribution is 6.15. The number of benzene rings is 15. The maximum Gasteiger partial charge on any atom is 0.164 e. The lowest BCUT2D eigenvalue weighted by Gasteiger charge is -2.21. The van der Waals surface area contributed by atoms with Gasteiger partial charge in [-0.1, -0.05) is 188 Å². The Bertz CT molecular complexity index is 7540. The van der Waals surface area contributed by atoms with Crippen molar-refractivity contribution in [1.82, 2.24) is 39.0 Å². The zero-order valence-electron chi connectivity index (χ0n) is 66.8. The summed E-state index contributed by atoms with van der Waals surface area (Å²) in [5.41, 5.74) is 14.0. The van der Waals surface area contributed by atoms with Gasteiger partial charge in [0.2, 0.25) is 0 Å². The van der Waals surface area contributed by atoms with E-state index in [1.54, 1.807) is 0 Å². The highest BCUT2D eigenvalue weighted by Crippen LogP contribution is 2.49. The highest BCUT2D eigenvalue weighted by atomic mass is 15.1. The Morgan fingerprint density at radius 1 is 0.172 bits per heavy atom. The maximum absolute atomic E-state index is 10.9. The molecule has 128 heavy (non-hydrogen) atoms. The van der Waals surface area contributed by atoms with Crippen molar-refractivity contribution in [2.45, 2.75) is 0 Å². The molecular formula is C108H50N20. The van der Waals surface area contributed by atoms with Crippen LogP contribution in [0.3, 0.4) is 0 Å². The van der Waals surface area contributed by atoms with Gasteiger partial charge in [-0.2, -0.15) is 63.1 Å². The molecule has 582 valence electrons. The van der Waals surface area contributed by atoms with E-state index < -0.39 is 0 Å². The fourth-order valence-corrected chi connectivity index (χ4v) is 17.1. The van der Waals surface area contributed by atoms with Crippen molar-refractivity contribution in [2.24, 2.45) is 0 Å². The highest BCUT2D eigenvalue weighted by Gasteiger charge is 2.30. The third-order valence-electron chi connectivity index (χ3n) is 22.6. The van der Waals surface area contributed by atoms with Crippen LogP contribution < -0.4 is 0 Å². The molecule has 0 amide bonds. The molecule has 0 aliphatic carbocycles. The van der Waals surface area contributed by atoms with Crippen LogP contribution in [-0.2, 0) is 0 Å². The summed E-state index contributed by atoms with van der Waals surface area (Å²) in [4.78, 5) is 32.1. The van der Waals surface area contributed by atoms with Crippen molar-refractivity contribution in [3.8, 4) is 219 Å². The largest absolute Gasteiger partial charge is 0.309 e. The number of nitriles is 12. The van der Waals surface area contributed by atoms with E-state index in [4.69, 9.17) is 29.9 Å². The first kappa shape index (κ1) is 77.7. The van der Waals surface area contributed by atoms with Gasteiger partial charge in [0.05, 0.1) is 173 Å². The van der Waals surface area contributed by atoms with Gasteiger partial charge in [-0.15, -0.1) is 0 Å². The van der Waals surface area contributed by atoms with Crippen LogP contribution in [0.25, 0.3) is 190 Å². The van der Waals surface area contributed by atoms with Crippen LogP contribution in [-0.4, -0.2) is 39.0 Å². The molecule has 4 heterocycles. The number of fused-ring (bicyclic) bond motifs is 6. The minimum atomic E-state index is 0.0842. The molecule has 15 aromatic carbocycles. The Labute approximate surface area is 730 Å². The number of hydrogen-bond donors (Lipinski definition) is 0. The molecule has 0 spiro atoms. The second kappa shape index (κ2) is 32.5. The average Bonchev–Trinajstić information content (AvgIpc) is 1.56. The van der Waals surface area contributed by atoms with E-state index in [2.05, 4.69) is 88.0 Å². The molecule has 20 nitrogen and oxygen atoms in total.